The van der Waals surface area contributed by atoms with Gasteiger partial charge in [0.25, 0.3) is 0 Å². The van der Waals surface area contributed by atoms with E-state index in [0.717, 1.165) is 18.5 Å². The standard InChI is InChI=1S/C18H23N3O4S/c1-2-26(24,25)20-12-10-16-15(13-20)17(18(22)23)19-21(16)11-6-9-14-7-4-3-5-8-14/h3-5,7-8H,2,6,9-13H2,1H3,(H,22,23). The van der Waals surface area contributed by atoms with Gasteiger partial charge in [-0.1, -0.05) is 30.3 Å². The third kappa shape index (κ3) is 3.81. The van der Waals surface area contributed by atoms with Crippen molar-refractivity contribution in [3.05, 3.63) is 52.8 Å². The Morgan fingerprint density at radius 3 is 2.65 bits per heavy atom. The van der Waals surface area contributed by atoms with Gasteiger partial charge in [-0.15, -0.1) is 0 Å². The van der Waals surface area contributed by atoms with Crippen LogP contribution in [0.3, 0.4) is 0 Å². The Bertz CT molecular complexity index is 891. The van der Waals surface area contributed by atoms with Crippen molar-refractivity contribution in [2.45, 2.75) is 39.3 Å². The van der Waals surface area contributed by atoms with Gasteiger partial charge >= 0.3 is 5.97 Å². The monoisotopic (exact) mass is 377 g/mol. The van der Waals surface area contributed by atoms with E-state index in [1.54, 1.807) is 11.6 Å². The number of benzene rings is 1. The van der Waals surface area contributed by atoms with Crippen molar-refractivity contribution in [3.8, 4) is 0 Å². The van der Waals surface area contributed by atoms with E-state index in [1.807, 2.05) is 18.2 Å². The largest absolute Gasteiger partial charge is 0.476 e. The van der Waals surface area contributed by atoms with Gasteiger partial charge in [-0.05, 0) is 25.3 Å². The summed E-state index contributed by atoms with van der Waals surface area (Å²) in [6.07, 6.45) is 2.21. The van der Waals surface area contributed by atoms with Gasteiger partial charge in [0.1, 0.15) is 0 Å². The second kappa shape index (κ2) is 7.59. The number of hydrogen-bond acceptors (Lipinski definition) is 4. The van der Waals surface area contributed by atoms with Crippen LogP contribution in [0.4, 0.5) is 0 Å². The van der Waals surface area contributed by atoms with Crippen LogP contribution in [0, 0.1) is 0 Å². The van der Waals surface area contributed by atoms with E-state index in [9.17, 15) is 18.3 Å². The number of aromatic carboxylic acids is 1. The molecule has 0 radical (unpaired) electrons. The van der Waals surface area contributed by atoms with E-state index in [-0.39, 0.29) is 18.0 Å². The number of hydrogen-bond donors (Lipinski definition) is 1. The second-order valence-corrected chi connectivity index (χ2v) is 8.63. The Balaban J connectivity index is 1.79. The summed E-state index contributed by atoms with van der Waals surface area (Å²) in [5, 5.41) is 13.7. The number of carbonyl (C=O) groups is 1. The Labute approximate surface area is 153 Å². The van der Waals surface area contributed by atoms with E-state index in [2.05, 4.69) is 17.2 Å². The molecular formula is C18H23N3O4S. The zero-order valence-electron chi connectivity index (χ0n) is 14.8. The average Bonchev–Trinajstić information content (AvgIpc) is 3.01. The summed E-state index contributed by atoms with van der Waals surface area (Å²) in [4.78, 5) is 11.6. The molecule has 1 aromatic carbocycles. The average molecular weight is 377 g/mol. The van der Waals surface area contributed by atoms with Crippen LogP contribution in [0.25, 0.3) is 0 Å². The Hall–Kier alpha value is -2.19. The summed E-state index contributed by atoms with van der Waals surface area (Å²) in [7, 11) is -3.35. The summed E-state index contributed by atoms with van der Waals surface area (Å²) < 4.78 is 27.4. The zero-order chi connectivity index (χ0) is 18.7. The van der Waals surface area contributed by atoms with Gasteiger partial charge in [0.2, 0.25) is 10.0 Å². The molecule has 0 unspecified atom stereocenters. The molecule has 0 saturated heterocycles. The van der Waals surface area contributed by atoms with Crippen LogP contribution < -0.4 is 0 Å². The van der Waals surface area contributed by atoms with Gasteiger partial charge in [-0.3, -0.25) is 4.68 Å². The molecule has 1 aliphatic heterocycles. The van der Waals surface area contributed by atoms with E-state index in [4.69, 9.17) is 0 Å². The van der Waals surface area contributed by atoms with Gasteiger partial charge in [0.05, 0.1) is 5.75 Å². The molecule has 1 aliphatic rings. The summed E-state index contributed by atoms with van der Waals surface area (Å²) >= 11 is 0. The Kier molecular flexibility index (Phi) is 5.43. The molecule has 26 heavy (non-hydrogen) atoms. The normalized spacial score (nSPS) is 15.0. The van der Waals surface area contributed by atoms with Crippen LogP contribution >= 0.6 is 0 Å². The van der Waals surface area contributed by atoms with E-state index in [0.29, 0.717) is 25.1 Å². The van der Waals surface area contributed by atoms with Crippen LogP contribution in [-0.2, 0) is 36.0 Å². The molecule has 0 aliphatic carbocycles. The highest BCUT2D eigenvalue weighted by molar-refractivity contribution is 7.89. The van der Waals surface area contributed by atoms with Gasteiger partial charge in [-0.25, -0.2) is 13.2 Å². The van der Waals surface area contributed by atoms with E-state index >= 15 is 0 Å². The van der Waals surface area contributed by atoms with Gasteiger partial charge in [-0.2, -0.15) is 9.40 Å². The maximum absolute atomic E-state index is 12.1. The highest BCUT2D eigenvalue weighted by atomic mass is 32.2. The lowest BCUT2D eigenvalue weighted by Crippen LogP contribution is -2.37. The van der Waals surface area contributed by atoms with Crippen molar-refractivity contribution in [3.63, 3.8) is 0 Å². The maximum atomic E-state index is 12.1. The Morgan fingerprint density at radius 1 is 1.27 bits per heavy atom. The molecule has 1 N–H and O–H groups in total. The number of fused-ring (bicyclic) bond motifs is 1. The molecule has 0 atom stereocenters. The molecule has 1 aromatic heterocycles. The molecule has 0 amide bonds. The first-order valence-corrected chi connectivity index (χ1v) is 10.4. The van der Waals surface area contributed by atoms with Gasteiger partial charge in [0.15, 0.2) is 5.69 Å². The molecule has 140 valence electrons. The van der Waals surface area contributed by atoms with Crippen molar-refractivity contribution < 1.29 is 18.3 Å². The topological polar surface area (TPSA) is 92.5 Å². The lowest BCUT2D eigenvalue weighted by atomic mass is 10.1. The molecule has 2 aromatic rings. The molecule has 7 nitrogen and oxygen atoms in total. The van der Waals surface area contributed by atoms with Crippen LogP contribution in [0.2, 0.25) is 0 Å². The number of sulfonamides is 1. The number of carboxylic acid groups (broad SMARTS) is 1. The third-order valence-electron chi connectivity index (χ3n) is 4.74. The van der Waals surface area contributed by atoms with E-state index < -0.39 is 16.0 Å². The minimum Gasteiger partial charge on any atom is -0.476 e. The van der Waals surface area contributed by atoms with Crippen molar-refractivity contribution in [2.75, 3.05) is 12.3 Å². The molecule has 0 spiro atoms. The fourth-order valence-electron chi connectivity index (χ4n) is 3.32. The first-order chi connectivity index (χ1) is 12.4. The van der Waals surface area contributed by atoms with Crippen LogP contribution in [0.1, 0.15) is 40.7 Å². The number of rotatable bonds is 7. The third-order valence-corrected chi connectivity index (χ3v) is 6.57. The zero-order valence-corrected chi connectivity index (χ0v) is 15.6. The Morgan fingerprint density at radius 2 is 2.00 bits per heavy atom. The number of aryl methyl sites for hydroxylation is 2. The predicted octanol–water partition coefficient (Wildman–Crippen LogP) is 1.92. The van der Waals surface area contributed by atoms with Crippen molar-refractivity contribution in [2.24, 2.45) is 0 Å². The smallest absolute Gasteiger partial charge is 0.356 e. The summed E-state index contributed by atoms with van der Waals surface area (Å²) in [6, 6.07) is 10.1. The predicted molar refractivity (Wildman–Crippen MR) is 97.5 cm³/mol. The highest BCUT2D eigenvalue weighted by Crippen LogP contribution is 2.25. The van der Waals surface area contributed by atoms with Crippen LogP contribution in [0.15, 0.2) is 30.3 Å². The number of nitrogens with zero attached hydrogens (tertiary/aromatic N) is 3. The fraction of sp³-hybridized carbons (Fsp3) is 0.444. The molecule has 0 fully saturated rings. The number of carboxylic acids is 1. The molecule has 0 saturated carbocycles. The molecular weight excluding hydrogens is 354 g/mol. The fourth-order valence-corrected chi connectivity index (χ4v) is 4.38. The van der Waals surface area contributed by atoms with Crippen molar-refractivity contribution in [1.29, 1.82) is 0 Å². The summed E-state index contributed by atoms with van der Waals surface area (Å²) in [6.45, 7) is 2.67. The SMILES string of the molecule is CCS(=O)(=O)N1CCc2c(c(C(=O)O)nn2CCCc2ccccc2)C1. The van der Waals surface area contributed by atoms with E-state index in [1.165, 1.54) is 9.87 Å². The number of aromatic nitrogens is 2. The first kappa shape index (κ1) is 18.6. The summed E-state index contributed by atoms with van der Waals surface area (Å²) in [5.74, 6) is -1.10. The quantitative estimate of drug-likeness (QED) is 0.796. The molecule has 0 bridgehead atoms. The second-order valence-electron chi connectivity index (χ2n) is 6.38. The lowest BCUT2D eigenvalue weighted by Gasteiger charge is -2.26. The molecule has 3 rings (SSSR count). The van der Waals surface area contributed by atoms with Gasteiger partial charge < -0.3 is 5.11 Å². The van der Waals surface area contributed by atoms with Gasteiger partial charge in [0, 0.05) is 37.3 Å². The first-order valence-electron chi connectivity index (χ1n) is 8.76. The van der Waals surface area contributed by atoms with Crippen molar-refractivity contribution in [1.82, 2.24) is 14.1 Å². The van der Waals surface area contributed by atoms with Crippen molar-refractivity contribution >= 4 is 16.0 Å². The summed E-state index contributed by atoms with van der Waals surface area (Å²) in [5.41, 5.74) is 2.57. The minimum atomic E-state index is -3.35. The highest BCUT2D eigenvalue weighted by Gasteiger charge is 2.32. The molecule has 8 heteroatoms. The van der Waals surface area contributed by atoms with Crippen LogP contribution in [-0.4, -0.2) is 45.9 Å². The molecule has 2 heterocycles. The maximum Gasteiger partial charge on any atom is 0.356 e. The lowest BCUT2D eigenvalue weighted by molar-refractivity contribution is 0.0687. The minimum absolute atomic E-state index is 0.00987. The van der Waals surface area contributed by atoms with Crippen LogP contribution in [0.5, 0.6) is 0 Å².